The highest BCUT2D eigenvalue weighted by atomic mass is 35.5. The second kappa shape index (κ2) is 6.11. The molecule has 1 aromatic rings. The Balaban J connectivity index is 1.61. The molecule has 0 aromatic heterocycles. The Morgan fingerprint density at radius 3 is 2.44 bits per heavy atom. The summed E-state index contributed by atoms with van der Waals surface area (Å²) in [5.41, 5.74) is 0.832. The number of ether oxygens (including phenoxy) is 1. The summed E-state index contributed by atoms with van der Waals surface area (Å²) in [7, 11) is 1.28. The molecule has 4 rings (SSSR count). The van der Waals surface area contributed by atoms with E-state index in [-0.39, 0.29) is 16.1 Å². The average Bonchev–Trinajstić information content (AvgIpc) is 3.50. The zero-order valence-electron chi connectivity index (χ0n) is 14.0. The number of ketones is 1. The minimum absolute atomic E-state index is 0.111. The van der Waals surface area contributed by atoms with Crippen molar-refractivity contribution < 1.29 is 19.1 Å². The Hall–Kier alpha value is -1.92. The van der Waals surface area contributed by atoms with Crippen LogP contribution in [-0.2, 0) is 9.53 Å². The summed E-state index contributed by atoms with van der Waals surface area (Å²) in [6.45, 7) is 1.15. The molecule has 0 spiro atoms. The molecule has 0 radical (unpaired) electrons. The highest BCUT2D eigenvalue weighted by Crippen LogP contribution is 2.39. The molecule has 0 unspecified atom stereocenters. The standard InChI is InChI=1S/C18H19ClN2O4/c1-25-18(24)10-8-13(19)15-14(9-10)21(17(23)16(15)22)7-6-20(11-2-3-11)12-4-5-12/h8-9,11-12H,2-7H2,1H3. The van der Waals surface area contributed by atoms with Crippen molar-refractivity contribution in [2.75, 3.05) is 25.1 Å². The normalized spacial score (nSPS) is 19.6. The maximum Gasteiger partial charge on any atom is 0.337 e. The van der Waals surface area contributed by atoms with E-state index >= 15 is 0 Å². The first-order valence-corrected chi connectivity index (χ1v) is 8.93. The van der Waals surface area contributed by atoms with E-state index in [1.54, 1.807) is 0 Å². The van der Waals surface area contributed by atoms with E-state index in [1.165, 1.54) is 49.8 Å². The van der Waals surface area contributed by atoms with Gasteiger partial charge in [-0.05, 0) is 37.8 Å². The summed E-state index contributed by atoms with van der Waals surface area (Å²) in [6.07, 6.45) is 4.83. The van der Waals surface area contributed by atoms with Crippen LogP contribution in [0.2, 0.25) is 5.02 Å². The van der Waals surface area contributed by atoms with E-state index in [2.05, 4.69) is 4.90 Å². The molecule has 7 heteroatoms. The van der Waals surface area contributed by atoms with Crippen molar-refractivity contribution in [3.8, 4) is 0 Å². The first-order valence-electron chi connectivity index (χ1n) is 8.55. The average molecular weight is 363 g/mol. The van der Waals surface area contributed by atoms with E-state index in [0.717, 1.165) is 6.54 Å². The number of Topliss-reactive ketones (excluding diaryl/α,β-unsaturated/α-hetero) is 1. The molecule has 1 aliphatic heterocycles. The summed E-state index contributed by atoms with van der Waals surface area (Å²) in [4.78, 5) is 40.5. The zero-order chi connectivity index (χ0) is 17.7. The molecule has 0 bridgehead atoms. The molecule has 1 amide bonds. The van der Waals surface area contributed by atoms with E-state index in [4.69, 9.17) is 16.3 Å². The van der Waals surface area contributed by atoms with Crippen molar-refractivity contribution in [3.05, 3.63) is 28.3 Å². The maximum absolute atomic E-state index is 12.4. The van der Waals surface area contributed by atoms with Crippen LogP contribution in [0.5, 0.6) is 0 Å². The third-order valence-corrected chi connectivity index (χ3v) is 5.36. The zero-order valence-corrected chi connectivity index (χ0v) is 14.7. The Labute approximate surface area is 150 Å². The van der Waals surface area contributed by atoms with E-state index in [0.29, 0.717) is 24.3 Å². The van der Waals surface area contributed by atoms with Crippen LogP contribution in [0.1, 0.15) is 46.4 Å². The molecular formula is C18H19ClN2O4. The maximum atomic E-state index is 12.4. The lowest BCUT2D eigenvalue weighted by Crippen LogP contribution is -2.40. The molecular weight excluding hydrogens is 344 g/mol. The SMILES string of the molecule is COC(=O)c1cc(Cl)c2c(c1)N(CCN(C1CC1)C1CC1)C(=O)C2=O. The number of methoxy groups -OCH3 is 1. The number of anilines is 1. The number of hydrogen-bond donors (Lipinski definition) is 0. The monoisotopic (exact) mass is 362 g/mol. The predicted octanol–water partition coefficient (Wildman–Crippen LogP) is 2.28. The summed E-state index contributed by atoms with van der Waals surface area (Å²) < 4.78 is 4.72. The molecule has 6 nitrogen and oxygen atoms in total. The molecule has 1 heterocycles. The topological polar surface area (TPSA) is 66.9 Å². The molecule has 0 saturated heterocycles. The third kappa shape index (κ3) is 2.93. The number of rotatable bonds is 6. The fraction of sp³-hybridized carbons (Fsp3) is 0.500. The van der Waals surface area contributed by atoms with Gasteiger partial charge >= 0.3 is 5.97 Å². The first-order chi connectivity index (χ1) is 12.0. The number of carbonyl (C=O) groups excluding carboxylic acids is 3. The van der Waals surface area contributed by atoms with Crippen molar-refractivity contribution in [2.24, 2.45) is 0 Å². The van der Waals surface area contributed by atoms with Crippen LogP contribution in [0.4, 0.5) is 5.69 Å². The fourth-order valence-electron chi connectivity index (χ4n) is 3.52. The van der Waals surface area contributed by atoms with Crippen molar-refractivity contribution in [2.45, 2.75) is 37.8 Å². The van der Waals surface area contributed by atoms with Gasteiger partial charge in [0.05, 0.1) is 28.9 Å². The quantitative estimate of drug-likeness (QED) is 0.573. The number of amides is 1. The second-order valence-corrected chi connectivity index (χ2v) is 7.24. The molecule has 3 aliphatic rings. The van der Waals surface area contributed by atoms with Gasteiger partial charge in [0.1, 0.15) is 0 Å². The van der Waals surface area contributed by atoms with Crippen LogP contribution in [0.25, 0.3) is 0 Å². The Morgan fingerprint density at radius 2 is 1.88 bits per heavy atom. The predicted molar refractivity (Wildman–Crippen MR) is 92.2 cm³/mol. The highest BCUT2D eigenvalue weighted by Gasteiger charge is 2.42. The van der Waals surface area contributed by atoms with E-state index < -0.39 is 17.7 Å². The van der Waals surface area contributed by atoms with Crippen LogP contribution in [-0.4, -0.2) is 54.8 Å². The van der Waals surface area contributed by atoms with Gasteiger partial charge in [0.25, 0.3) is 11.7 Å². The molecule has 25 heavy (non-hydrogen) atoms. The van der Waals surface area contributed by atoms with Crippen molar-refractivity contribution in [3.63, 3.8) is 0 Å². The first kappa shape index (κ1) is 16.5. The summed E-state index contributed by atoms with van der Waals surface area (Å²) in [6, 6.07) is 4.13. The largest absolute Gasteiger partial charge is 0.465 e. The highest BCUT2D eigenvalue weighted by molar-refractivity contribution is 6.55. The molecule has 132 valence electrons. The van der Waals surface area contributed by atoms with Gasteiger partial charge in [-0.25, -0.2) is 4.79 Å². The van der Waals surface area contributed by atoms with Gasteiger partial charge in [-0.15, -0.1) is 0 Å². The number of fused-ring (bicyclic) bond motifs is 1. The molecule has 0 atom stereocenters. The number of hydrogen-bond acceptors (Lipinski definition) is 5. The van der Waals surface area contributed by atoms with Crippen molar-refractivity contribution in [1.29, 1.82) is 0 Å². The van der Waals surface area contributed by atoms with Gasteiger partial charge in [0.15, 0.2) is 0 Å². The molecule has 2 fully saturated rings. The minimum atomic E-state index is -0.610. The molecule has 2 aliphatic carbocycles. The summed E-state index contributed by atoms with van der Waals surface area (Å²) in [5.74, 6) is -1.74. The number of halogens is 1. The van der Waals surface area contributed by atoms with E-state index in [9.17, 15) is 14.4 Å². The van der Waals surface area contributed by atoms with Crippen LogP contribution < -0.4 is 4.90 Å². The minimum Gasteiger partial charge on any atom is -0.465 e. The lowest BCUT2D eigenvalue weighted by atomic mass is 10.1. The fourth-order valence-corrected chi connectivity index (χ4v) is 3.82. The number of carbonyl (C=O) groups is 3. The Morgan fingerprint density at radius 1 is 1.24 bits per heavy atom. The van der Waals surface area contributed by atoms with Gasteiger partial charge in [-0.3, -0.25) is 14.5 Å². The molecule has 2 saturated carbocycles. The molecule has 0 N–H and O–H groups in total. The van der Waals surface area contributed by atoms with Gasteiger partial charge in [0.2, 0.25) is 0 Å². The summed E-state index contributed by atoms with van der Waals surface area (Å²) in [5, 5.41) is 0.111. The van der Waals surface area contributed by atoms with Gasteiger partial charge < -0.3 is 9.64 Å². The van der Waals surface area contributed by atoms with Crippen molar-refractivity contribution in [1.82, 2.24) is 4.90 Å². The Bertz CT molecular complexity index is 759. The van der Waals surface area contributed by atoms with Crippen LogP contribution >= 0.6 is 11.6 Å². The van der Waals surface area contributed by atoms with Gasteiger partial charge in [-0.2, -0.15) is 0 Å². The van der Waals surface area contributed by atoms with Crippen LogP contribution in [0, 0.1) is 0 Å². The van der Waals surface area contributed by atoms with Gasteiger partial charge in [0, 0.05) is 25.2 Å². The smallest absolute Gasteiger partial charge is 0.337 e. The molecule has 1 aromatic carbocycles. The van der Waals surface area contributed by atoms with E-state index in [1.807, 2.05) is 0 Å². The van der Waals surface area contributed by atoms with Gasteiger partial charge in [-0.1, -0.05) is 11.6 Å². The third-order valence-electron chi connectivity index (χ3n) is 5.06. The number of benzene rings is 1. The second-order valence-electron chi connectivity index (χ2n) is 6.83. The van der Waals surface area contributed by atoms with Crippen molar-refractivity contribution >= 4 is 34.9 Å². The number of nitrogens with zero attached hydrogens (tertiary/aromatic N) is 2. The lowest BCUT2D eigenvalue weighted by Gasteiger charge is -2.25. The number of esters is 1. The summed E-state index contributed by atoms with van der Waals surface area (Å²) >= 11 is 6.17. The Kier molecular flexibility index (Phi) is 4.04. The van der Waals surface area contributed by atoms with Crippen LogP contribution in [0.3, 0.4) is 0 Å². The van der Waals surface area contributed by atoms with Crippen LogP contribution in [0.15, 0.2) is 12.1 Å². The lowest BCUT2D eigenvalue weighted by molar-refractivity contribution is -0.114.